The van der Waals surface area contributed by atoms with Crippen LogP contribution >= 0.6 is 15.9 Å². The molecule has 0 aliphatic carbocycles. The van der Waals surface area contributed by atoms with Gasteiger partial charge >= 0.3 is 0 Å². The van der Waals surface area contributed by atoms with Gasteiger partial charge in [0.05, 0.1) is 24.8 Å². The SMILES string of the molecule is CCN(c1cc2oc(Br)cc2c(C(=O)NCc2c(OC)cc(C)[nH]c2=O)c1C)C1CCOCC1. The number of anilines is 1. The summed E-state index contributed by atoms with van der Waals surface area (Å²) in [5.74, 6) is 0.169. The summed E-state index contributed by atoms with van der Waals surface area (Å²) in [5.41, 5.74) is 3.80. The highest BCUT2D eigenvalue weighted by Crippen LogP contribution is 2.36. The number of furan rings is 1. The predicted molar refractivity (Wildman–Crippen MR) is 135 cm³/mol. The fourth-order valence-electron chi connectivity index (χ4n) is 4.74. The lowest BCUT2D eigenvalue weighted by Crippen LogP contribution is -2.40. The third-order valence-electron chi connectivity index (χ3n) is 6.41. The van der Waals surface area contributed by atoms with Gasteiger partial charge in [0.2, 0.25) is 0 Å². The zero-order valence-corrected chi connectivity index (χ0v) is 21.5. The Bertz CT molecular complexity index is 1260. The highest BCUT2D eigenvalue weighted by molar-refractivity contribution is 9.10. The zero-order chi connectivity index (χ0) is 24.4. The van der Waals surface area contributed by atoms with Crippen molar-refractivity contribution in [1.29, 1.82) is 0 Å². The first-order valence-electron chi connectivity index (χ1n) is 11.5. The number of fused-ring (bicyclic) bond motifs is 1. The van der Waals surface area contributed by atoms with E-state index in [0.717, 1.165) is 49.2 Å². The van der Waals surface area contributed by atoms with Crippen LogP contribution in [0.15, 0.2) is 32.1 Å². The number of carbonyl (C=O) groups is 1. The normalized spacial score (nSPS) is 14.4. The van der Waals surface area contributed by atoms with Gasteiger partial charge in [0, 0.05) is 48.6 Å². The van der Waals surface area contributed by atoms with E-state index in [4.69, 9.17) is 13.9 Å². The maximum Gasteiger partial charge on any atom is 0.256 e. The molecule has 2 N–H and O–H groups in total. The van der Waals surface area contributed by atoms with Gasteiger partial charge in [-0.2, -0.15) is 0 Å². The number of pyridine rings is 1. The number of hydrogen-bond acceptors (Lipinski definition) is 6. The van der Waals surface area contributed by atoms with Crippen LogP contribution in [0.4, 0.5) is 5.69 Å². The first kappa shape index (κ1) is 24.3. The van der Waals surface area contributed by atoms with Crippen LogP contribution in [0, 0.1) is 13.8 Å². The fraction of sp³-hybridized carbons (Fsp3) is 0.440. The van der Waals surface area contributed by atoms with Gasteiger partial charge in [-0.05, 0) is 67.2 Å². The lowest BCUT2D eigenvalue weighted by atomic mass is 9.98. The van der Waals surface area contributed by atoms with Crippen LogP contribution in [-0.2, 0) is 11.3 Å². The summed E-state index contributed by atoms with van der Waals surface area (Å²) >= 11 is 3.41. The number of carbonyl (C=O) groups excluding carboxylic acids is 1. The van der Waals surface area contributed by atoms with Gasteiger partial charge in [0.1, 0.15) is 11.3 Å². The van der Waals surface area contributed by atoms with Crippen molar-refractivity contribution in [2.45, 2.75) is 46.2 Å². The predicted octanol–water partition coefficient (Wildman–Crippen LogP) is 4.44. The minimum atomic E-state index is -0.282. The number of hydrogen-bond donors (Lipinski definition) is 2. The molecule has 0 bridgehead atoms. The van der Waals surface area contributed by atoms with Crippen molar-refractivity contribution in [1.82, 2.24) is 10.3 Å². The quantitative estimate of drug-likeness (QED) is 0.467. The van der Waals surface area contributed by atoms with Crippen LogP contribution in [0.3, 0.4) is 0 Å². The van der Waals surface area contributed by atoms with Gasteiger partial charge in [-0.3, -0.25) is 9.59 Å². The Kier molecular flexibility index (Phi) is 7.33. The van der Waals surface area contributed by atoms with E-state index < -0.39 is 0 Å². The van der Waals surface area contributed by atoms with Crippen LogP contribution in [0.1, 0.15) is 46.9 Å². The molecular formula is C25H30BrN3O5. The standard InChI is InChI=1S/C25H30BrN3O5/c1-5-29(16-6-8-33-9-7-16)19-12-21-17(11-22(26)34-21)23(15(19)3)25(31)27-13-18-20(32-4)10-14(2)28-24(18)30/h10-12,16H,5-9,13H2,1-4H3,(H,27,31)(H,28,30). The van der Waals surface area contributed by atoms with Gasteiger partial charge < -0.3 is 29.1 Å². The smallest absolute Gasteiger partial charge is 0.256 e. The molecule has 2 aromatic heterocycles. The highest BCUT2D eigenvalue weighted by atomic mass is 79.9. The largest absolute Gasteiger partial charge is 0.496 e. The average Bonchev–Trinajstić information content (AvgIpc) is 3.18. The number of ether oxygens (including phenoxy) is 2. The Balaban J connectivity index is 1.72. The Morgan fingerprint density at radius 1 is 1.26 bits per heavy atom. The molecular weight excluding hydrogens is 502 g/mol. The second-order valence-corrected chi connectivity index (χ2v) is 9.28. The van der Waals surface area contributed by atoms with Crippen molar-refractivity contribution in [3.63, 3.8) is 0 Å². The maximum atomic E-state index is 13.5. The molecule has 9 heteroatoms. The summed E-state index contributed by atoms with van der Waals surface area (Å²) in [6.45, 7) is 8.17. The van der Waals surface area contributed by atoms with Crippen LogP contribution in [-0.4, -0.2) is 43.8 Å². The topological polar surface area (TPSA) is 96.8 Å². The van der Waals surface area contributed by atoms with Crippen molar-refractivity contribution >= 4 is 38.5 Å². The number of nitrogens with zero attached hydrogens (tertiary/aromatic N) is 1. The first-order valence-corrected chi connectivity index (χ1v) is 12.2. The van der Waals surface area contributed by atoms with Crippen molar-refractivity contribution in [2.24, 2.45) is 0 Å². The highest BCUT2D eigenvalue weighted by Gasteiger charge is 2.27. The Morgan fingerprint density at radius 3 is 2.68 bits per heavy atom. The molecule has 1 aliphatic rings. The second-order valence-electron chi connectivity index (χ2n) is 8.50. The molecule has 3 heterocycles. The van der Waals surface area contributed by atoms with Gasteiger partial charge in [-0.25, -0.2) is 0 Å². The summed E-state index contributed by atoms with van der Waals surface area (Å²) in [6, 6.07) is 5.90. The van der Waals surface area contributed by atoms with Gasteiger partial charge in [-0.15, -0.1) is 0 Å². The number of methoxy groups -OCH3 is 1. The summed E-state index contributed by atoms with van der Waals surface area (Å²) in [5, 5.41) is 3.64. The fourth-order valence-corrected chi connectivity index (χ4v) is 5.15. The molecule has 4 rings (SSSR count). The molecule has 0 atom stereocenters. The molecule has 1 saturated heterocycles. The monoisotopic (exact) mass is 531 g/mol. The van der Waals surface area contributed by atoms with Crippen LogP contribution in [0.25, 0.3) is 11.0 Å². The third kappa shape index (κ3) is 4.72. The lowest BCUT2D eigenvalue weighted by molar-refractivity contribution is 0.0846. The Morgan fingerprint density at radius 2 is 2.00 bits per heavy atom. The number of halogens is 1. The van der Waals surface area contributed by atoms with Gasteiger partial charge in [0.15, 0.2) is 4.67 Å². The molecule has 34 heavy (non-hydrogen) atoms. The number of benzene rings is 1. The molecule has 8 nitrogen and oxygen atoms in total. The van der Waals surface area contributed by atoms with Crippen molar-refractivity contribution < 1.29 is 18.7 Å². The minimum Gasteiger partial charge on any atom is -0.496 e. The summed E-state index contributed by atoms with van der Waals surface area (Å²) in [7, 11) is 1.51. The first-order chi connectivity index (χ1) is 16.3. The number of H-pyrrole nitrogens is 1. The number of amides is 1. The molecule has 1 amide bonds. The molecule has 1 aromatic carbocycles. The van der Waals surface area contributed by atoms with Crippen LogP contribution < -0.4 is 20.5 Å². The zero-order valence-electron chi connectivity index (χ0n) is 19.9. The third-order valence-corrected chi connectivity index (χ3v) is 6.80. The number of aromatic nitrogens is 1. The summed E-state index contributed by atoms with van der Waals surface area (Å²) in [4.78, 5) is 31.1. The van der Waals surface area contributed by atoms with Crippen LogP contribution in [0.2, 0.25) is 0 Å². The van der Waals surface area contributed by atoms with Gasteiger partial charge in [0.25, 0.3) is 11.5 Å². The van der Waals surface area contributed by atoms with E-state index in [1.165, 1.54) is 7.11 Å². The van der Waals surface area contributed by atoms with E-state index in [1.54, 1.807) is 13.0 Å². The van der Waals surface area contributed by atoms with Gasteiger partial charge in [-0.1, -0.05) is 0 Å². The van der Waals surface area contributed by atoms with Crippen molar-refractivity contribution in [3.8, 4) is 5.75 Å². The minimum absolute atomic E-state index is 0.0409. The maximum absolute atomic E-state index is 13.5. The molecule has 0 unspecified atom stereocenters. The van der Waals surface area contributed by atoms with E-state index >= 15 is 0 Å². The molecule has 1 aliphatic heterocycles. The lowest BCUT2D eigenvalue weighted by Gasteiger charge is -2.36. The van der Waals surface area contributed by atoms with Crippen molar-refractivity contribution in [2.75, 3.05) is 31.8 Å². The molecule has 0 saturated carbocycles. The second kappa shape index (κ2) is 10.2. The molecule has 0 spiro atoms. The van der Waals surface area contributed by atoms with E-state index in [2.05, 4.69) is 38.1 Å². The van der Waals surface area contributed by atoms with E-state index in [9.17, 15) is 9.59 Å². The number of rotatable bonds is 7. The molecule has 0 radical (unpaired) electrons. The van der Waals surface area contributed by atoms with E-state index in [0.29, 0.717) is 38.9 Å². The molecule has 3 aromatic rings. The molecule has 182 valence electrons. The number of aromatic amines is 1. The molecule has 1 fully saturated rings. The van der Waals surface area contributed by atoms with Crippen molar-refractivity contribution in [3.05, 3.63) is 55.6 Å². The average molecular weight is 532 g/mol. The Hall–Kier alpha value is -2.78. The van der Waals surface area contributed by atoms with Crippen LogP contribution in [0.5, 0.6) is 5.75 Å². The van der Waals surface area contributed by atoms with E-state index in [-0.39, 0.29) is 18.0 Å². The number of aryl methyl sites for hydroxylation is 1. The Labute approximate surface area is 206 Å². The number of nitrogens with one attached hydrogen (secondary N) is 2. The summed E-state index contributed by atoms with van der Waals surface area (Å²) < 4.78 is 17.4. The van der Waals surface area contributed by atoms with E-state index in [1.807, 2.05) is 19.1 Å². The summed E-state index contributed by atoms with van der Waals surface area (Å²) in [6.07, 6.45) is 1.87.